The molecule has 0 spiro atoms. The second-order valence-corrected chi connectivity index (χ2v) is 4.82. The molecular formula is C17H22N4O2. The van der Waals surface area contributed by atoms with Crippen LogP contribution >= 0.6 is 0 Å². The van der Waals surface area contributed by atoms with Crippen LogP contribution in [0.4, 0.5) is 11.5 Å². The molecule has 0 atom stereocenters. The molecule has 0 aliphatic carbocycles. The lowest BCUT2D eigenvalue weighted by molar-refractivity contribution is 0.102. The van der Waals surface area contributed by atoms with E-state index < -0.39 is 0 Å². The average Bonchev–Trinajstić information content (AvgIpc) is 2.58. The van der Waals surface area contributed by atoms with Gasteiger partial charge in [0.1, 0.15) is 23.6 Å². The summed E-state index contributed by atoms with van der Waals surface area (Å²) in [7, 11) is 0. The van der Waals surface area contributed by atoms with Gasteiger partial charge in [0.15, 0.2) is 0 Å². The van der Waals surface area contributed by atoms with E-state index in [-0.39, 0.29) is 5.91 Å². The molecule has 6 nitrogen and oxygen atoms in total. The maximum absolute atomic E-state index is 12.4. The zero-order valence-electron chi connectivity index (χ0n) is 13.7. The van der Waals surface area contributed by atoms with Gasteiger partial charge in [-0.25, -0.2) is 9.97 Å². The van der Waals surface area contributed by atoms with Crippen LogP contribution in [-0.4, -0.2) is 35.6 Å². The molecule has 1 N–H and O–H groups in total. The topological polar surface area (TPSA) is 67.3 Å². The number of anilines is 2. The van der Waals surface area contributed by atoms with Crippen molar-refractivity contribution in [3.05, 3.63) is 42.4 Å². The Kier molecular flexibility index (Phi) is 5.91. The third kappa shape index (κ3) is 4.18. The lowest BCUT2D eigenvalue weighted by atomic mass is 10.2. The third-order valence-corrected chi connectivity index (χ3v) is 3.41. The van der Waals surface area contributed by atoms with Crippen LogP contribution in [0, 0.1) is 0 Å². The van der Waals surface area contributed by atoms with Gasteiger partial charge in [-0.2, -0.15) is 0 Å². The molecule has 122 valence electrons. The number of carbonyl (C=O) groups excluding carboxylic acids is 1. The SMILES string of the molecule is CCOc1ccccc1NC(=O)c1cc(N(CC)CC)ncn1. The van der Waals surface area contributed by atoms with Crippen molar-refractivity contribution in [2.75, 3.05) is 29.9 Å². The summed E-state index contributed by atoms with van der Waals surface area (Å²) in [6, 6.07) is 9.03. The molecule has 1 aromatic carbocycles. The highest BCUT2D eigenvalue weighted by atomic mass is 16.5. The highest BCUT2D eigenvalue weighted by molar-refractivity contribution is 6.04. The van der Waals surface area contributed by atoms with Gasteiger partial charge in [0.05, 0.1) is 12.3 Å². The molecule has 0 saturated carbocycles. The molecule has 0 saturated heterocycles. The molecule has 1 heterocycles. The largest absolute Gasteiger partial charge is 0.492 e. The summed E-state index contributed by atoms with van der Waals surface area (Å²) in [4.78, 5) is 22.8. The normalized spacial score (nSPS) is 10.2. The van der Waals surface area contributed by atoms with Crippen LogP contribution in [-0.2, 0) is 0 Å². The highest BCUT2D eigenvalue weighted by Gasteiger charge is 2.13. The molecule has 0 radical (unpaired) electrons. The van der Waals surface area contributed by atoms with Gasteiger partial charge in [-0.15, -0.1) is 0 Å². The van der Waals surface area contributed by atoms with E-state index in [9.17, 15) is 4.79 Å². The lowest BCUT2D eigenvalue weighted by Gasteiger charge is -2.19. The van der Waals surface area contributed by atoms with E-state index >= 15 is 0 Å². The number of benzene rings is 1. The zero-order chi connectivity index (χ0) is 16.7. The minimum absolute atomic E-state index is 0.284. The van der Waals surface area contributed by atoms with Crippen LogP contribution in [0.3, 0.4) is 0 Å². The van der Waals surface area contributed by atoms with Crippen molar-refractivity contribution >= 4 is 17.4 Å². The zero-order valence-corrected chi connectivity index (χ0v) is 13.7. The summed E-state index contributed by atoms with van der Waals surface area (Å²) >= 11 is 0. The van der Waals surface area contributed by atoms with E-state index in [0.717, 1.165) is 18.9 Å². The third-order valence-electron chi connectivity index (χ3n) is 3.41. The van der Waals surface area contributed by atoms with Gasteiger partial charge < -0.3 is 15.0 Å². The Labute approximate surface area is 136 Å². The van der Waals surface area contributed by atoms with Crippen LogP contribution in [0.15, 0.2) is 36.7 Å². The number of aromatic nitrogens is 2. The van der Waals surface area contributed by atoms with E-state index in [4.69, 9.17) is 4.74 Å². The number of amides is 1. The van der Waals surface area contributed by atoms with Crippen molar-refractivity contribution in [3.8, 4) is 5.75 Å². The molecule has 0 bridgehead atoms. The fourth-order valence-corrected chi connectivity index (χ4v) is 2.23. The molecule has 1 amide bonds. The second kappa shape index (κ2) is 8.12. The number of rotatable bonds is 7. The molecule has 6 heteroatoms. The first-order valence-corrected chi connectivity index (χ1v) is 7.79. The number of ether oxygens (including phenoxy) is 1. The molecule has 2 rings (SSSR count). The van der Waals surface area contributed by atoms with E-state index in [1.165, 1.54) is 6.33 Å². The Bertz CT molecular complexity index is 657. The minimum atomic E-state index is -0.284. The van der Waals surface area contributed by atoms with Gasteiger partial charge in [-0.05, 0) is 32.9 Å². The second-order valence-electron chi connectivity index (χ2n) is 4.82. The Balaban J connectivity index is 2.20. The van der Waals surface area contributed by atoms with Crippen molar-refractivity contribution < 1.29 is 9.53 Å². The molecular weight excluding hydrogens is 292 g/mol. The van der Waals surface area contributed by atoms with Gasteiger partial charge in [-0.3, -0.25) is 4.79 Å². The summed E-state index contributed by atoms with van der Waals surface area (Å²) in [5.41, 5.74) is 0.954. The van der Waals surface area contributed by atoms with E-state index in [0.29, 0.717) is 23.7 Å². The summed E-state index contributed by atoms with van der Waals surface area (Å²) < 4.78 is 5.51. The molecule has 1 aromatic heterocycles. The number of nitrogens with one attached hydrogen (secondary N) is 1. The first kappa shape index (κ1) is 16.7. The summed E-state index contributed by atoms with van der Waals surface area (Å²) in [5.74, 6) is 1.10. The summed E-state index contributed by atoms with van der Waals surface area (Å²) in [6.07, 6.45) is 1.41. The van der Waals surface area contributed by atoms with Gasteiger partial charge in [-0.1, -0.05) is 12.1 Å². The van der Waals surface area contributed by atoms with E-state index in [2.05, 4.69) is 20.2 Å². The van der Waals surface area contributed by atoms with Gasteiger partial charge in [0, 0.05) is 19.2 Å². The van der Waals surface area contributed by atoms with Crippen molar-refractivity contribution in [3.63, 3.8) is 0 Å². The molecule has 2 aromatic rings. The number of nitrogens with zero attached hydrogens (tertiary/aromatic N) is 3. The van der Waals surface area contributed by atoms with Crippen LogP contribution in [0.25, 0.3) is 0 Å². The number of hydrogen-bond acceptors (Lipinski definition) is 5. The predicted octanol–water partition coefficient (Wildman–Crippen LogP) is 2.97. The fourth-order valence-electron chi connectivity index (χ4n) is 2.23. The summed E-state index contributed by atoms with van der Waals surface area (Å²) in [6.45, 7) is 8.17. The lowest BCUT2D eigenvalue weighted by Crippen LogP contribution is -2.24. The number of carbonyl (C=O) groups is 1. The number of para-hydroxylation sites is 2. The van der Waals surface area contributed by atoms with E-state index in [1.807, 2.05) is 39.0 Å². The minimum Gasteiger partial charge on any atom is -0.492 e. The van der Waals surface area contributed by atoms with Gasteiger partial charge in [0.2, 0.25) is 0 Å². The van der Waals surface area contributed by atoms with E-state index in [1.54, 1.807) is 12.1 Å². The number of hydrogen-bond donors (Lipinski definition) is 1. The highest BCUT2D eigenvalue weighted by Crippen LogP contribution is 2.24. The van der Waals surface area contributed by atoms with Crippen molar-refractivity contribution in [2.24, 2.45) is 0 Å². The monoisotopic (exact) mass is 314 g/mol. The predicted molar refractivity (Wildman–Crippen MR) is 91.2 cm³/mol. The molecule has 0 unspecified atom stereocenters. The van der Waals surface area contributed by atoms with Crippen molar-refractivity contribution in [1.29, 1.82) is 0 Å². The molecule has 0 aliphatic rings. The van der Waals surface area contributed by atoms with Crippen LogP contribution < -0.4 is 15.0 Å². The quantitative estimate of drug-likeness (QED) is 0.851. The van der Waals surface area contributed by atoms with Crippen LogP contribution in [0.2, 0.25) is 0 Å². The molecule has 0 fully saturated rings. The maximum atomic E-state index is 12.4. The van der Waals surface area contributed by atoms with Gasteiger partial charge >= 0.3 is 0 Å². The molecule has 23 heavy (non-hydrogen) atoms. The van der Waals surface area contributed by atoms with Crippen LogP contribution in [0.1, 0.15) is 31.3 Å². The first-order valence-electron chi connectivity index (χ1n) is 7.79. The smallest absolute Gasteiger partial charge is 0.274 e. The first-order chi connectivity index (χ1) is 11.2. The van der Waals surface area contributed by atoms with Gasteiger partial charge in [0.25, 0.3) is 5.91 Å². The molecule has 0 aliphatic heterocycles. The summed E-state index contributed by atoms with van der Waals surface area (Å²) in [5, 5.41) is 2.84. The average molecular weight is 314 g/mol. The van der Waals surface area contributed by atoms with Crippen molar-refractivity contribution in [2.45, 2.75) is 20.8 Å². The Morgan fingerprint density at radius 2 is 1.91 bits per heavy atom. The van der Waals surface area contributed by atoms with Crippen molar-refractivity contribution in [1.82, 2.24) is 9.97 Å². The Hall–Kier alpha value is -2.63. The Morgan fingerprint density at radius 1 is 1.17 bits per heavy atom. The maximum Gasteiger partial charge on any atom is 0.274 e. The van der Waals surface area contributed by atoms with Crippen LogP contribution in [0.5, 0.6) is 5.75 Å². The Morgan fingerprint density at radius 3 is 2.61 bits per heavy atom. The fraction of sp³-hybridized carbons (Fsp3) is 0.353. The standard InChI is InChI=1S/C17H22N4O2/c1-4-21(5-2)16-11-14(18-12-19-16)17(22)20-13-9-7-8-10-15(13)23-6-3/h7-12H,4-6H2,1-3H3,(H,20,22).